The Morgan fingerprint density at radius 2 is 1.92 bits per heavy atom. The lowest BCUT2D eigenvalue weighted by Gasteiger charge is -2.44. The lowest BCUT2D eigenvalue weighted by molar-refractivity contribution is -0.133. The average Bonchev–Trinajstić information content (AvgIpc) is 2.87. The zero-order valence-electron chi connectivity index (χ0n) is 16.0. The smallest absolute Gasteiger partial charge is 0.253 e. The zero-order valence-corrected chi connectivity index (χ0v) is 16.0. The van der Waals surface area contributed by atoms with Gasteiger partial charge in [-0.2, -0.15) is 0 Å². The van der Waals surface area contributed by atoms with E-state index in [1.54, 1.807) is 7.11 Å². The Morgan fingerprint density at radius 1 is 1.27 bits per heavy atom. The van der Waals surface area contributed by atoms with Gasteiger partial charge in [0.05, 0.1) is 11.7 Å². The van der Waals surface area contributed by atoms with Crippen LogP contribution < -0.4 is 5.32 Å². The van der Waals surface area contributed by atoms with Crippen LogP contribution in [0.15, 0.2) is 24.3 Å². The van der Waals surface area contributed by atoms with Gasteiger partial charge in [0.15, 0.2) is 0 Å². The van der Waals surface area contributed by atoms with Crippen molar-refractivity contribution in [2.24, 2.45) is 0 Å². The molecule has 3 rings (SSSR count). The summed E-state index contributed by atoms with van der Waals surface area (Å²) in [6.45, 7) is 6.58. The van der Waals surface area contributed by atoms with Crippen molar-refractivity contribution in [3.63, 3.8) is 0 Å². The molecule has 2 saturated heterocycles. The van der Waals surface area contributed by atoms with Crippen LogP contribution in [0, 0.1) is 6.92 Å². The summed E-state index contributed by atoms with van der Waals surface area (Å²) in [5.41, 5.74) is 1.55. The number of piperidine rings is 1. The summed E-state index contributed by atoms with van der Waals surface area (Å²) in [6, 6.07) is 7.54. The predicted octanol–water partition coefficient (Wildman–Crippen LogP) is 1.78. The SMILES string of the molecule is COCCCN1C(=O)C(C)NC12CCN(C(=O)c1ccc(C)cc1)CC2. The fourth-order valence-electron chi connectivity index (χ4n) is 4.05. The Labute approximate surface area is 155 Å². The molecule has 1 aromatic rings. The van der Waals surface area contributed by atoms with E-state index in [9.17, 15) is 9.59 Å². The van der Waals surface area contributed by atoms with Gasteiger partial charge in [0.25, 0.3) is 5.91 Å². The number of likely N-dealkylation sites (tertiary alicyclic amines) is 1. The fraction of sp³-hybridized carbons (Fsp3) is 0.600. The first-order chi connectivity index (χ1) is 12.5. The van der Waals surface area contributed by atoms with E-state index in [-0.39, 0.29) is 23.5 Å². The van der Waals surface area contributed by atoms with Crippen LogP contribution in [0.3, 0.4) is 0 Å². The Kier molecular flexibility index (Phi) is 5.63. The highest BCUT2D eigenvalue weighted by atomic mass is 16.5. The van der Waals surface area contributed by atoms with Crippen LogP contribution in [0.4, 0.5) is 0 Å². The van der Waals surface area contributed by atoms with Gasteiger partial charge in [0.2, 0.25) is 5.91 Å². The molecule has 1 atom stereocenters. The van der Waals surface area contributed by atoms with Gasteiger partial charge in [-0.3, -0.25) is 14.9 Å². The molecule has 2 aliphatic rings. The van der Waals surface area contributed by atoms with Gasteiger partial charge in [0.1, 0.15) is 0 Å². The van der Waals surface area contributed by atoms with Crippen LogP contribution >= 0.6 is 0 Å². The van der Waals surface area contributed by atoms with Crippen LogP contribution in [0.5, 0.6) is 0 Å². The van der Waals surface area contributed by atoms with E-state index in [1.807, 2.05) is 47.9 Å². The van der Waals surface area contributed by atoms with Crippen molar-refractivity contribution in [1.82, 2.24) is 15.1 Å². The van der Waals surface area contributed by atoms with E-state index in [4.69, 9.17) is 4.74 Å². The van der Waals surface area contributed by atoms with Crippen LogP contribution in [0.25, 0.3) is 0 Å². The number of nitrogens with zero attached hydrogens (tertiary/aromatic N) is 2. The van der Waals surface area contributed by atoms with Crippen molar-refractivity contribution in [3.05, 3.63) is 35.4 Å². The Morgan fingerprint density at radius 3 is 2.54 bits per heavy atom. The number of nitrogens with one attached hydrogen (secondary N) is 1. The molecule has 1 spiro atoms. The topological polar surface area (TPSA) is 61.9 Å². The van der Waals surface area contributed by atoms with Crippen molar-refractivity contribution < 1.29 is 14.3 Å². The molecule has 2 heterocycles. The van der Waals surface area contributed by atoms with E-state index >= 15 is 0 Å². The molecular weight excluding hydrogens is 330 g/mol. The van der Waals surface area contributed by atoms with Crippen molar-refractivity contribution >= 4 is 11.8 Å². The number of ether oxygens (including phenoxy) is 1. The number of rotatable bonds is 5. The second-order valence-corrected chi connectivity index (χ2v) is 7.39. The number of benzene rings is 1. The lowest BCUT2D eigenvalue weighted by atomic mass is 9.95. The van der Waals surface area contributed by atoms with Gasteiger partial charge < -0.3 is 14.5 Å². The number of aryl methyl sites for hydroxylation is 1. The van der Waals surface area contributed by atoms with Gasteiger partial charge in [-0.05, 0) is 32.4 Å². The van der Waals surface area contributed by atoms with Crippen molar-refractivity contribution in [3.8, 4) is 0 Å². The summed E-state index contributed by atoms with van der Waals surface area (Å²) in [5, 5.41) is 3.50. The largest absolute Gasteiger partial charge is 0.385 e. The quantitative estimate of drug-likeness (QED) is 0.814. The molecule has 0 saturated carbocycles. The highest BCUT2D eigenvalue weighted by Gasteiger charge is 2.50. The molecule has 6 heteroatoms. The number of amides is 2. The van der Waals surface area contributed by atoms with E-state index in [1.165, 1.54) is 0 Å². The Hall–Kier alpha value is -1.92. The third-order valence-electron chi connectivity index (χ3n) is 5.54. The summed E-state index contributed by atoms with van der Waals surface area (Å²) >= 11 is 0. The molecule has 0 radical (unpaired) electrons. The number of carbonyl (C=O) groups excluding carboxylic acids is 2. The second-order valence-electron chi connectivity index (χ2n) is 7.39. The number of methoxy groups -OCH3 is 1. The Balaban J connectivity index is 1.66. The Bertz CT molecular complexity index is 651. The maximum Gasteiger partial charge on any atom is 0.253 e. The van der Waals surface area contributed by atoms with Crippen LogP contribution in [0.2, 0.25) is 0 Å². The first-order valence-electron chi connectivity index (χ1n) is 9.41. The van der Waals surface area contributed by atoms with E-state index in [2.05, 4.69) is 5.32 Å². The van der Waals surface area contributed by atoms with Crippen LogP contribution in [-0.4, -0.2) is 66.7 Å². The summed E-state index contributed by atoms with van der Waals surface area (Å²) in [5.74, 6) is 0.225. The van der Waals surface area contributed by atoms with E-state index in [0.717, 1.165) is 30.4 Å². The maximum absolute atomic E-state index is 12.7. The molecule has 0 aliphatic carbocycles. The third kappa shape index (κ3) is 3.62. The predicted molar refractivity (Wildman–Crippen MR) is 99.9 cm³/mol. The highest BCUT2D eigenvalue weighted by Crippen LogP contribution is 2.33. The molecule has 2 amide bonds. The van der Waals surface area contributed by atoms with Crippen molar-refractivity contribution in [1.29, 1.82) is 0 Å². The van der Waals surface area contributed by atoms with Crippen molar-refractivity contribution in [2.75, 3.05) is 33.4 Å². The van der Waals surface area contributed by atoms with Crippen molar-refractivity contribution in [2.45, 2.75) is 44.8 Å². The number of hydrogen-bond donors (Lipinski definition) is 1. The van der Waals surface area contributed by atoms with Gasteiger partial charge in [-0.15, -0.1) is 0 Å². The summed E-state index contributed by atoms with van der Waals surface area (Å²) < 4.78 is 5.13. The molecule has 1 unspecified atom stereocenters. The second kappa shape index (κ2) is 7.76. The lowest BCUT2D eigenvalue weighted by Crippen LogP contribution is -2.59. The molecule has 0 bridgehead atoms. The van der Waals surface area contributed by atoms with Crippen LogP contribution in [-0.2, 0) is 9.53 Å². The molecule has 1 N–H and O–H groups in total. The molecule has 26 heavy (non-hydrogen) atoms. The molecule has 1 aromatic carbocycles. The molecule has 0 aromatic heterocycles. The van der Waals surface area contributed by atoms with Gasteiger partial charge in [0, 0.05) is 51.8 Å². The number of carbonyl (C=O) groups is 2. The minimum Gasteiger partial charge on any atom is -0.385 e. The standard InChI is InChI=1S/C20H29N3O3/c1-15-5-7-17(8-6-15)19(25)22-12-9-20(10-13-22)21-16(2)18(24)23(20)11-4-14-26-3/h5-8,16,21H,4,9-14H2,1-3H3. The number of hydrogen-bond acceptors (Lipinski definition) is 4. The first kappa shape index (κ1) is 18.9. The summed E-state index contributed by atoms with van der Waals surface area (Å²) in [6.07, 6.45) is 2.34. The minimum absolute atomic E-state index is 0.0724. The summed E-state index contributed by atoms with van der Waals surface area (Å²) in [4.78, 5) is 29.2. The highest BCUT2D eigenvalue weighted by molar-refractivity contribution is 5.94. The van der Waals surface area contributed by atoms with Gasteiger partial charge in [-0.25, -0.2) is 0 Å². The minimum atomic E-state index is -0.325. The normalized spacial score (nSPS) is 22.3. The maximum atomic E-state index is 12.7. The van der Waals surface area contributed by atoms with E-state index < -0.39 is 0 Å². The van der Waals surface area contributed by atoms with Crippen LogP contribution in [0.1, 0.15) is 42.1 Å². The third-order valence-corrected chi connectivity index (χ3v) is 5.54. The molecular formula is C20H29N3O3. The fourth-order valence-corrected chi connectivity index (χ4v) is 4.05. The molecule has 6 nitrogen and oxygen atoms in total. The summed E-state index contributed by atoms with van der Waals surface area (Å²) in [7, 11) is 1.68. The zero-order chi connectivity index (χ0) is 18.7. The average molecular weight is 359 g/mol. The van der Waals surface area contributed by atoms with Gasteiger partial charge in [-0.1, -0.05) is 17.7 Å². The van der Waals surface area contributed by atoms with Gasteiger partial charge >= 0.3 is 0 Å². The van der Waals surface area contributed by atoms with E-state index in [0.29, 0.717) is 26.2 Å². The molecule has 142 valence electrons. The first-order valence-corrected chi connectivity index (χ1v) is 9.41. The molecule has 2 fully saturated rings. The monoisotopic (exact) mass is 359 g/mol. The molecule has 2 aliphatic heterocycles.